The molecule has 2 aromatic carbocycles. The van der Waals surface area contributed by atoms with Crippen molar-refractivity contribution in [2.45, 2.75) is 101 Å². The summed E-state index contributed by atoms with van der Waals surface area (Å²) in [5.41, 5.74) is -1.18. The van der Waals surface area contributed by atoms with E-state index in [1.165, 1.54) is 30.2 Å². The number of anilines is 1. The van der Waals surface area contributed by atoms with Crippen molar-refractivity contribution in [1.29, 1.82) is 0 Å². The maximum atomic E-state index is 18.0. The molecule has 5 aliphatic rings. The van der Waals surface area contributed by atoms with Gasteiger partial charge in [0.05, 0.1) is 34.2 Å². The van der Waals surface area contributed by atoms with Crippen molar-refractivity contribution in [2.24, 2.45) is 5.92 Å². The van der Waals surface area contributed by atoms with Crippen molar-refractivity contribution in [3.8, 4) is 23.0 Å². The number of ether oxygens (including phenoxy) is 4. The average Bonchev–Trinajstić information content (AvgIpc) is 3.77. The molecule has 57 heavy (non-hydrogen) atoms. The van der Waals surface area contributed by atoms with Crippen molar-refractivity contribution < 1.29 is 41.3 Å². The van der Waals surface area contributed by atoms with E-state index >= 15 is 17.6 Å². The van der Waals surface area contributed by atoms with Crippen LogP contribution in [0.25, 0.3) is 32.9 Å². The first-order valence-electron chi connectivity index (χ1n) is 19.6. The third kappa shape index (κ3) is 6.04. The highest BCUT2D eigenvalue weighted by atomic mass is 35.5. The van der Waals surface area contributed by atoms with E-state index in [1.54, 1.807) is 33.8 Å². The normalized spacial score (nSPS) is 26.5. The number of amides is 1. The molecule has 1 amide bonds. The van der Waals surface area contributed by atoms with Gasteiger partial charge in [-0.1, -0.05) is 24.6 Å². The maximum absolute atomic E-state index is 18.0. The zero-order valence-corrected chi connectivity index (χ0v) is 33.3. The molecule has 0 saturated carbocycles. The summed E-state index contributed by atoms with van der Waals surface area (Å²) >= 11 is 6.60. The van der Waals surface area contributed by atoms with E-state index < -0.39 is 53.4 Å². The van der Waals surface area contributed by atoms with Crippen LogP contribution < -0.4 is 14.4 Å². The van der Waals surface area contributed by atoms with Crippen molar-refractivity contribution >= 4 is 45.2 Å². The molecule has 5 aliphatic heterocycles. The Morgan fingerprint density at radius 2 is 1.75 bits per heavy atom. The van der Waals surface area contributed by atoms with Crippen LogP contribution in [0.3, 0.4) is 0 Å². The molecule has 4 saturated heterocycles. The zero-order valence-electron chi connectivity index (χ0n) is 32.6. The Morgan fingerprint density at radius 3 is 2.47 bits per heavy atom. The molecule has 0 spiro atoms. The summed E-state index contributed by atoms with van der Waals surface area (Å²) in [5.74, 6) is -6.89. The SMILES string of the molecule is COCOc1cc(-c2nc3c4c(nc(OCC56CCCN5CCC6)nc4c2F)N2C[C@@]4(F)CC[C@@](F)([C@@H]2[C@@H](C)C3)N4C(=O)OC(C)(C)C)c2c(Cl)c(F)ccc2c1. The van der Waals surface area contributed by atoms with E-state index in [1.807, 2.05) is 0 Å². The number of rotatable bonds is 7. The lowest BCUT2D eigenvalue weighted by atomic mass is 9.86. The Morgan fingerprint density at radius 1 is 1.00 bits per heavy atom. The second-order valence-electron chi connectivity index (χ2n) is 17.3. The molecular formula is C41H45ClF4N6O5. The molecule has 9 rings (SSSR count). The summed E-state index contributed by atoms with van der Waals surface area (Å²) in [5, 5.41) is 0.579. The summed E-state index contributed by atoms with van der Waals surface area (Å²) in [6.07, 6.45) is 2.28. The quantitative estimate of drug-likeness (QED) is 0.103. The van der Waals surface area contributed by atoms with Crippen LogP contribution >= 0.6 is 11.6 Å². The number of pyridine rings is 1. The van der Waals surface area contributed by atoms with Crippen LogP contribution in [0.5, 0.6) is 11.8 Å². The van der Waals surface area contributed by atoms with Gasteiger partial charge in [0.25, 0.3) is 0 Å². The predicted molar refractivity (Wildman–Crippen MR) is 205 cm³/mol. The first-order valence-corrected chi connectivity index (χ1v) is 19.9. The minimum absolute atomic E-state index is 0.0606. The number of halogens is 5. The average molecular weight is 813 g/mol. The van der Waals surface area contributed by atoms with Crippen LogP contribution in [-0.2, 0) is 15.9 Å². The summed E-state index contributed by atoms with van der Waals surface area (Å²) in [6, 6.07) is 4.56. The van der Waals surface area contributed by atoms with Crippen LogP contribution in [0.2, 0.25) is 5.02 Å². The second kappa shape index (κ2) is 13.4. The molecule has 4 fully saturated rings. The van der Waals surface area contributed by atoms with Gasteiger partial charge in [0.1, 0.15) is 40.8 Å². The number of fused-ring (bicyclic) bond motifs is 7. The summed E-state index contributed by atoms with van der Waals surface area (Å²) in [4.78, 5) is 32.6. The first-order chi connectivity index (χ1) is 27.1. The number of hydrogen-bond acceptors (Lipinski definition) is 10. The highest BCUT2D eigenvalue weighted by Crippen LogP contribution is 2.56. The Hall–Kier alpha value is -4.21. The number of benzene rings is 2. The first kappa shape index (κ1) is 38.3. The number of carbonyl (C=O) groups excluding carboxylic acids is 1. The number of alkyl halides is 2. The molecule has 11 nitrogen and oxygen atoms in total. The fraction of sp³-hybridized carbons (Fsp3) is 0.561. The highest BCUT2D eigenvalue weighted by Gasteiger charge is 2.70. The largest absolute Gasteiger partial charge is 0.468 e. The van der Waals surface area contributed by atoms with Crippen LogP contribution in [0.15, 0.2) is 24.3 Å². The highest BCUT2D eigenvalue weighted by molar-refractivity contribution is 6.37. The molecule has 16 heteroatoms. The van der Waals surface area contributed by atoms with E-state index in [-0.39, 0.29) is 88.3 Å². The lowest BCUT2D eigenvalue weighted by Gasteiger charge is -2.53. The van der Waals surface area contributed by atoms with Crippen molar-refractivity contribution in [2.75, 3.05) is 45.0 Å². The van der Waals surface area contributed by atoms with Crippen molar-refractivity contribution in [1.82, 2.24) is 24.8 Å². The maximum Gasteiger partial charge on any atom is 0.415 e. The molecule has 0 radical (unpaired) electrons. The Bertz CT molecular complexity index is 2300. The zero-order chi connectivity index (χ0) is 40.2. The molecule has 304 valence electrons. The predicted octanol–water partition coefficient (Wildman–Crippen LogP) is 8.51. The molecule has 0 unspecified atom stereocenters. The van der Waals surface area contributed by atoms with Crippen LogP contribution in [0.4, 0.5) is 28.2 Å². The van der Waals surface area contributed by atoms with Gasteiger partial charge in [-0.05, 0) is 95.5 Å². The van der Waals surface area contributed by atoms with E-state index in [4.69, 9.17) is 40.5 Å². The van der Waals surface area contributed by atoms with Crippen molar-refractivity contribution in [3.05, 3.63) is 46.6 Å². The lowest BCUT2D eigenvalue weighted by molar-refractivity contribution is -0.139. The number of nitrogens with zero attached hydrogens (tertiary/aromatic N) is 6. The molecule has 0 N–H and O–H groups in total. The summed E-state index contributed by atoms with van der Waals surface area (Å²) in [6.45, 7) is 8.27. The monoisotopic (exact) mass is 812 g/mol. The van der Waals surface area contributed by atoms with E-state index in [0.717, 1.165) is 38.8 Å². The standard InChI is InChI=1S/C41H45ClF4N6O5/c1-22-16-27-29-33(31(44)32(47-27)25-18-24(56-21-54-5)17-23-8-9-26(43)30(42)28(23)25)48-36(55-20-39-10-6-14-50(39)15-7-11-39)49-35(29)51-19-40(45)12-13-41(46,34(22)51)52(40)37(53)57-38(2,3)4/h8-9,17-18,22,34H,6-7,10-16,19-21H2,1-5H3/t22-,34-,40+,41-/m0/s1. The Balaban J connectivity index is 1.25. The third-order valence-electron chi connectivity index (χ3n) is 12.4. The van der Waals surface area contributed by atoms with Gasteiger partial charge in [0.2, 0.25) is 11.6 Å². The molecule has 0 aliphatic carbocycles. The third-order valence-corrected chi connectivity index (χ3v) is 12.8. The molecule has 2 bridgehead atoms. The van der Waals surface area contributed by atoms with Crippen LogP contribution in [-0.4, -0.2) is 99.8 Å². The second-order valence-corrected chi connectivity index (χ2v) is 17.6. The molecular weight excluding hydrogens is 768 g/mol. The van der Waals surface area contributed by atoms with Gasteiger partial charge in [-0.3, -0.25) is 4.90 Å². The molecule has 4 aromatic rings. The van der Waals surface area contributed by atoms with Crippen LogP contribution in [0.1, 0.15) is 71.9 Å². The van der Waals surface area contributed by atoms with Gasteiger partial charge in [0, 0.05) is 30.9 Å². The molecule has 7 heterocycles. The molecule has 2 aromatic heterocycles. The van der Waals surface area contributed by atoms with E-state index in [0.29, 0.717) is 16.0 Å². The minimum atomic E-state index is -2.53. The van der Waals surface area contributed by atoms with Crippen LogP contribution in [0, 0.1) is 17.6 Å². The lowest BCUT2D eigenvalue weighted by Crippen LogP contribution is -2.72. The minimum Gasteiger partial charge on any atom is -0.468 e. The Kier molecular flexibility index (Phi) is 9.02. The Labute approximate surface area is 332 Å². The van der Waals surface area contributed by atoms with Gasteiger partial charge in [-0.2, -0.15) is 9.97 Å². The summed E-state index contributed by atoms with van der Waals surface area (Å²) in [7, 11) is 1.46. The van der Waals surface area contributed by atoms with Gasteiger partial charge >= 0.3 is 12.1 Å². The fourth-order valence-corrected chi connectivity index (χ4v) is 10.4. The van der Waals surface area contributed by atoms with E-state index in [2.05, 4.69) is 9.88 Å². The topological polar surface area (TPSA) is 102 Å². The van der Waals surface area contributed by atoms with Crippen molar-refractivity contribution in [3.63, 3.8) is 0 Å². The van der Waals surface area contributed by atoms with Gasteiger partial charge in [-0.15, -0.1) is 0 Å². The smallest absolute Gasteiger partial charge is 0.415 e. The number of piperazine rings is 1. The van der Waals surface area contributed by atoms with Gasteiger partial charge in [0.15, 0.2) is 12.6 Å². The van der Waals surface area contributed by atoms with Gasteiger partial charge < -0.3 is 23.8 Å². The number of hydrogen-bond donors (Lipinski definition) is 0. The van der Waals surface area contributed by atoms with E-state index in [9.17, 15) is 4.79 Å². The molecule has 4 atom stereocenters. The fourth-order valence-electron chi connectivity index (χ4n) is 10.2. The number of aromatic nitrogens is 3. The number of methoxy groups -OCH3 is 1. The van der Waals surface area contributed by atoms with Gasteiger partial charge in [-0.25, -0.2) is 32.2 Å². The number of carbonyl (C=O) groups is 1. The summed E-state index contributed by atoms with van der Waals surface area (Å²) < 4.78 is 90.8.